The van der Waals surface area contributed by atoms with Crippen molar-refractivity contribution >= 4 is 5.97 Å². The first-order valence-electron chi connectivity index (χ1n) is 6.75. The Balaban J connectivity index is 2.40. The Morgan fingerprint density at radius 3 is 2.47 bits per heavy atom. The first kappa shape index (κ1) is 14.5. The molecule has 1 aliphatic carbocycles. The Morgan fingerprint density at radius 1 is 1.29 bits per heavy atom. The number of carbonyl (C=O) groups is 1. The lowest BCUT2D eigenvalue weighted by Gasteiger charge is -2.29. The summed E-state index contributed by atoms with van der Waals surface area (Å²) in [4.78, 5) is 11.7. The second-order valence-corrected chi connectivity index (χ2v) is 4.70. The fraction of sp³-hybridized carbons (Fsp3) is 0.923. The molecular formula is C13H25NO3. The van der Waals surface area contributed by atoms with Gasteiger partial charge in [0.2, 0.25) is 0 Å². The van der Waals surface area contributed by atoms with Crippen molar-refractivity contribution in [1.82, 2.24) is 0 Å². The van der Waals surface area contributed by atoms with Crippen LogP contribution < -0.4 is 5.73 Å². The fourth-order valence-corrected chi connectivity index (χ4v) is 2.20. The molecule has 0 aromatic carbocycles. The van der Waals surface area contributed by atoms with E-state index in [2.05, 4.69) is 0 Å². The molecule has 1 unspecified atom stereocenters. The smallest absolute Gasteiger partial charge is 0.335 e. The van der Waals surface area contributed by atoms with Crippen LogP contribution in [-0.2, 0) is 14.3 Å². The van der Waals surface area contributed by atoms with Crippen LogP contribution in [0.3, 0.4) is 0 Å². The average Bonchev–Trinajstić information content (AvgIpc) is 2.31. The average molecular weight is 243 g/mol. The summed E-state index contributed by atoms with van der Waals surface area (Å²) in [6.07, 6.45) is 5.35. The van der Waals surface area contributed by atoms with Gasteiger partial charge in [0, 0.05) is 6.04 Å². The molecule has 0 radical (unpaired) electrons. The first-order chi connectivity index (χ1) is 8.17. The lowest BCUT2D eigenvalue weighted by Crippen LogP contribution is -2.36. The zero-order valence-electron chi connectivity index (χ0n) is 11.0. The topological polar surface area (TPSA) is 61.5 Å². The summed E-state index contributed by atoms with van der Waals surface area (Å²) in [6.45, 7) is 4.28. The van der Waals surface area contributed by atoms with E-state index >= 15 is 0 Å². The van der Waals surface area contributed by atoms with Gasteiger partial charge in [-0.25, -0.2) is 4.79 Å². The molecule has 0 aliphatic heterocycles. The van der Waals surface area contributed by atoms with E-state index in [1.807, 2.05) is 13.8 Å². The minimum atomic E-state index is -0.390. The molecule has 2 N–H and O–H groups in total. The maximum atomic E-state index is 11.7. The van der Waals surface area contributed by atoms with Crippen molar-refractivity contribution in [2.24, 2.45) is 5.73 Å². The fourth-order valence-electron chi connectivity index (χ4n) is 2.20. The maximum Gasteiger partial charge on any atom is 0.335 e. The maximum absolute atomic E-state index is 11.7. The van der Waals surface area contributed by atoms with Crippen molar-refractivity contribution in [2.75, 3.05) is 6.61 Å². The van der Waals surface area contributed by atoms with Gasteiger partial charge in [-0.05, 0) is 39.0 Å². The van der Waals surface area contributed by atoms with Crippen LogP contribution in [0.15, 0.2) is 0 Å². The van der Waals surface area contributed by atoms with E-state index in [0.717, 1.165) is 38.5 Å². The molecule has 1 fully saturated rings. The predicted octanol–water partition coefficient (Wildman–Crippen LogP) is 2.00. The monoisotopic (exact) mass is 243 g/mol. The molecular weight excluding hydrogens is 218 g/mol. The van der Waals surface area contributed by atoms with E-state index in [1.165, 1.54) is 0 Å². The molecule has 0 spiro atoms. The predicted molar refractivity (Wildman–Crippen MR) is 66.6 cm³/mol. The lowest BCUT2D eigenvalue weighted by atomic mass is 9.93. The van der Waals surface area contributed by atoms with Crippen LogP contribution in [0.4, 0.5) is 0 Å². The van der Waals surface area contributed by atoms with E-state index in [9.17, 15) is 4.79 Å². The quantitative estimate of drug-likeness (QED) is 0.725. The van der Waals surface area contributed by atoms with Crippen LogP contribution in [0.2, 0.25) is 0 Å². The minimum absolute atomic E-state index is 0.177. The number of nitrogens with two attached hydrogens (primary N) is 1. The van der Waals surface area contributed by atoms with Gasteiger partial charge in [-0.3, -0.25) is 0 Å². The van der Waals surface area contributed by atoms with Gasteiger partial charge in [-0.15, -0.1) is 0 Å². The Kier molecular flexibility index (Phi) is 6.52. The molecule has 4 heteroatoms. The molecule has 0 heterocycles. The highest BCUT2D eigenvalue weighted by atomic mass is 16.6. The molecule has 0 aromatic rings. The first-order valence-corrected chi connectivity index (χ1v) is 6.75. The van der Waals surface area contributed by atoms with Crippen molar-refractivity contribution in [3.05, 3.63) is 0 Å². The van der Waals surface area contributed by atoms with Gasteiger partial charge in [0.1, 0.15) is 0 Å². The van der Waals surface area contributed by atoms with Gasteiger partial charge in [-0.1, -0.05) is 13.3 Å². The van der Waals surface area contributed by atoms with Gasteiger partial charge in [0.05, 0.1) is 12.7 Å². The number of esters is 1. The number of ether oxygens (including phenoxy) is 2. The van der Waals surface area contributed by atoms with Crippen molar-refractivity contribution in [3.63, 3.8) is 0 Å². The number of carbonyl (C=O) groups excluding carboxylic acids is 1. The second-order valence-electron chi connectivity index (χ2n) is 4.70. The Hall–Kier alpha value is -0.610. The molecule has 1 rings (SSSR count). The van der Waals surface area contributed by atoms with Crippen LogP contribution in [0.25, 0.3) is 0 Å². The van der Waals surface area contributed by atoms with Crippen molar-refractivity contribution < 1.29 is 14.3 Å². The molecule has 17 heavy (non-hydrogen) atoms. The molecule has 1 atom stereocenters. The van der Waals surface area contributed by atoms with Crippen molar-refractivity contribution in [1.29, 1.82) is 0 Å². The molecule has 1 aliphatic rings. The summed E-state index contributed by atoms with van der Waals surface area (Å²) in [7, 11) is 0. The third-order valence-corrected chi connectivity index (χ3v) is 3.18. The van der Waals surface area contributed by atoms with Gasteiger partial charge in [0.25, 0.3) is 0 Å². The highest BCUT2D eigenvalue weighted by molar-refractivity contribution is 5.74. The summed E-state index contributed by atoms with van der Waals surface area (Å²) in [6, 6.07) is 0.307. The van der Waals surface area contributed by atoms with Crippen LogP contribution in [0.5, 0.6) is 0 Å². The number of rotatable bonds is 6. The zero-order chi connectivity index (χ0) is 12.7. The molecule has 0 aromatic heterocycles. The summed E-state index contributed by atoms with van der Waals surface area (Å²) in [5.74, 6) is -0.218. The largest absolute Gasteiger partial charge is 0.464 e. The second kappa shape index (κ2) is 7.67. The number of hydrogen-bond donors (Lipinski definition) is 1. The molecule has 0 bridgehead atoms. The summed E-state index contributed by atoms with van der Waals surface area (Å²) in [5.41, 5.74) is 5.85. The van der Waals surface area contributed by atoms with Crippen molar-refractivity contribution in [2.45, 2.75) is 70.6 Å². The Bertz CT molecular complexity index is 225. The zero-order valence-corrected chi connectivity index (χ0v) is 11.0. The van der Waals surface area contributed by atoms with E-state index < -0.39 is 0 Å². The van der Waals surface area contributed by atoms with E-state index in [1.54, 1.807) is 0 Å². The SMILES string of the molecule is CCCC(OC1CCC(N)CC1)C(=O)OCC. The normalized spacial score (nSPS) is 26.5. The molecule has 0 saturated heterocycles. The Labute approximate surface area is 104 Å². The van der Waals surface area contributed by atoms with Crippen LogP contribution in [-0.4, -0.2) is 30.8 Å². The Morgan fingerprint density at radius 2 is 1.94 bits per heavy atom. The molecule has 0 amide bonds. The van der Waals surface area contributed by atoms with Crippen molar-refractivity contribution in [3.8, 4) is 0 Å². The molecule has 1 saturated carbocycles. The third kappa shape index (κ3) is 5.04. The van der Waals surface area contributed by atoms with Gasteiger partial charge in [-0.2, -0.15) is 0 Å². The van der Waals surface area contributed by atoms with Gasteiger partial charge < -0.3 is 15.2 Å². The lowest BCUT2D eigenvalue weighted by molar-refractivity contribution is -0.162. The van der Waals surface area contributed by atoms with Crippen LogP contribution in [0, 0.1) is 0 Å². The van der Waals surface area contributed by atoms with Crippen LogP contribution in [0.1, 0.15) is 52.4 Å². The minimum Gasteiger partial charge on any atom is -0.464 e. The highest BCUT2D eigenvalue weighted by Crippen LogP contribution is 2.22. The molecule has 4 nitrogen and oxygen atoms in total. The van der Waals surface area contributed by atoms with Gasteiger partial charge >= 0.3 is 5.97 Å². The van der Waals surface area contributed by atoms with Gasteiger partial charge in [0.15, 0.2) is 6.10 Å². The standard InChI is InChI=1S/C13H25NO3/c1-3-5-12(13(15)16-4-2)17-11-8-6-10(14)7-9-11/h10-12H,3-9,14H2,1-2H3. The van der Waals surface area contributed by atoms with Crippen LogP contribution >= 0.6 is 0 Å². The highest BCUT2D eigenvalue weighted by Gasteiger charge is 2.26. The molecule has 100 valence electrons. The van der Waals surface area contributed by atoms with E-state index in [4.69, 9.17) is 15.2 Å². The van der Waals surface area contributed by atoms with E-state index in [0.29, 0.717) is 12.6 Å². The summed E-state index contributed by atoms with van der Waals surface area (Å²) in [5, 5.41) is 0. The summed E-state index contributed by atoms with van der Waals surface area (Å²) < 4.78 is 10.9. The van der Waals surface area contributed by atoms with E-state index in [-0.39, 0.29) is 18.2 Å². The third-order valence-electron chi connectivity index (χ3n) is 3.18. The number of hydrogen-bond acceptors (Lipinski definition) is 4. The summed E-state index contributed by atoms with van der Waals surface area (Å²) >= 11 is 0.